The molecular weight excluding hydrogens is 395 g/mol. The van der Waals surface area contributed by atoms with Crippen molar-refractivity contribution in [2.45, 2.75) is 11.3 Å². The smallest absolute Gasteiger partial charge is 0.358 e. The van der Waals surface area contributed by atoms with E-state index < -0.39 is 8.09 Å². The summed E-state index contributed by atoms with van der Waals surface area (Å²) in [6, 6.07) is 11.7. The first kappa shape index (κ1) is 18.3. The summed E-state index contributed by atoms with van der Waals surface area (Å²) in [5.74, 6) is 0. The van der Waals surface area contributed by atoms with Gasteiger partial charge in [-0.1, -0.05) is 0 Å². The molecule has 0 spiro atoms. The van der Waals surface area contributed by atoms with Crippen molar-refractivity contribution in [3.05, 3.63) is 71.8 Å². The number of nitrogens with zero attached hydrogens (tertiary/aromatic N) is 3. The number of nitrogens with one attached hydrogen (secondary N) is 1. The van der Waals surface area contributed by atoms with Gasteiger partial charge in [-0.3, -0.25) is 0 Å². The van der Waals surface area contributed by atoms with E-state index in [9.17, 15) is 9.00 Å². The summed E-state index contributed by atoms with van der Waals surface area (Å²) in [6.45, 7) is 0.470. The van der Waals surface area contributed by atoms with Crippen LogP contribution in [-0.4, -0.2) is 20.7 Å². The molecule has 0 bridgehead atoms. The Morgan fingerprint density at radius 2 is 2.23 bits per heavy atom. The fourth-order valence-electron chi connectivity index (χ4n) is 2.96. The summed E-state index contributed by atoms with van der Waals surface area (Å²) in [7, 11) is -2.98. The van der Waals surface area contributed by atoms with E-state index in [0.717, 1.165) is 5.69 Å². The number of fused-ring (bicyclic) bond motifs is 2. The van der Waals surface area contributed by atoms with Gasteiger partial charge in [-0.05, 0) is 0 Å². The van der Waals surface area contributed by atoms with E-state index in [1.54, 1.807) is 28.6 Å². The Kier molecular flexibility index (Phi) is 4.71. The van der Waals surface area contributed by atoms with Crippen LogP contribution >= 0.6 is 0 Å². The number of benzene rings is 1. The van der Waals surface area contributed by atoms with Crippen molar-refractivity contribution in [1.82, 2.24) is 9.97 Å². The van der Waals surface area contributed by atoms with Crippen molar-refractivity contribution in [2.24, 2.45) is 0 Å². The Hall–Kier alpha value is -2.47. The molecule has 1 aliphatic rings. The Labute approximate surface area is 158 Å². The molecule has 0 amide bonds. The fraction of sp³-hybridized carbons (Fsp3) is 0.111. The number of hydrogen-bond acceptors (Lipinski definition) is 4. The monoisotopic (exact) mass is 409 g/mol. The van der Waals surface area contributed by atoms with Crippen LogP contribution in [0.4, 0.5) is 5.69 Å². The van der Waals surface area contributed by atoms with E-state index in [4.69, 9.17) is 5.26 Å². The standard InChI is InChI=1S/C17H11N4O2S.CH3.Co/c18-9-11-8-15-14(20-10-11)5-7-21(15)24(23)16-3-1-2-13-12(16)4-6-19-17(13)22;;/h1-3,6,8,10H,5,7H2,(H,19,22);1H3;/q2*-1;. The molecule has 4 rings (SSSR count). The van der Waals surface area contributed by atoms with Crippen LogP contribution in [0.2, 0.25) is 0 Å². The van der Waals surface area contributed by atoms with Crippen LogP contribution in [0.25, 0.3) is 10.8 Å². The van der Waals surface area contributed by atoms with Gasteiger partial charge in [0.2, 0.25) is 0 Å². The van der Waals surface area contributed by atoms with E-state index in [2.05, 4.69) is 30.2 Å². The molecule has 3 heterocycles. The first-order valence-corrected chi connectivity index (χ1v) is 10.1. The maximum absolute atomic E-state index is 13.6. The third kappa shape index (κ3) is 2.74. The van der Waals surface area contributed by atoms with Gasteiger partial charge in [0.1, 0.15) is 0 Å². The van der Waals surface area contributed by atoms with E-state index >= 15 is 0 Å². The van der Waals surface area contributed by atoms with Crippen molar-refractivity contribution >= 4 is 24.6 Å². The molecule has 1 unspecified atom stereocenters. The van der Waals surface area contributed by atoms with Crippen molar-refractivity contribution in [3.8, 4) is 6.07 Å². The number of aromatic amines is 1. The Morgan fingerprint density at radius 3 is 3.00 bits per heavy atom. The van der Waals surface area contributed by atoms with Gasteiger partial charge in [0.25, 0.3) is 0 Å². The normalized spacial score (nSPS) is 15.0. The SMILES string of the molecule is N#Cc1cnc2c(c1)N([S](=O)(=[Co])c1cccc3c(=O)[nH]c[c-]c13)CC2.[CH3-]. The number of hydrogen-bond donors (Lipinski definition) is 1. The first-order chi connectivity index (χ1) is 12.0. The molecule has 2 aromatic heterocycles. The molecular formula is C18H14CoN4O2S-2. The van der Waals surface area contributed by atoms with Crippen LogP contribution in [-0.2, 0) is 28.6 Å². The second-order valence-electron chi connectivity index (χ2n) is 5.53. The molecule has 0 radical (unpaired) electrons. The molecule has 1 N–H and O–H groups in total. The predicted octanol–water partition coefficient (Wildman–Crippen LogP) is 2.13. The third-order valence-electron chi connectivity index (χ3n) is 4.12. The predicted molar refractivity (Wildman–Crippen MR) is 96.2 cm³/mol. The summed E-state index contributed by atoms with van der Waals surface area (Å²) < 4.78 is 15.3. The molecule has 6 nitrogen and oxygen atoms in total. The quantitative estimate of drug-likeness (QED) is 0.657. The number of H-pyrrole nitrogens is 1. The second kappa shape index (κ2) is 6.68. The third-order valence-corrected chi connectivity index (χ3v) is 7.29. The Bertz CT molecular complexity index is 1210. The molecule has 0 saturated carbocycles. The zero-order valence-corrected chi connectivity index (χ0v) is 15.6. The van der Waals surface area contributed by atoms with E-state index in [1.165, 1.54) is 12.4 Å². The molecule has 3 aromatic rings. The molecule has 0 saturated heterocycles. The minimum absolute atomic E-state index is 0. The summed E-state index contributed by atoms with van der Waals surface area (Å²) >= 11 is 4.54. The molecule has 8 heteroatoms. The fourth-order valence-corrected chi connectivity index (χ4v) is 5.69. The van der Waals surface area contributed by atoms with Crippen molar-refractivity contribution in [1.29, 1.82) is 5.26 Å². The second-order valence-corrected chi connectivity index (χ2v) is 9.00. The number of aromatic nitrogens is 2. The molecule has 26 heavy (non-hydrogen) atoms. The topological polar surface area (TPSA) is 89.8 Å². The van der Waals surface area contributed by atoms with Crippen molar-refractivity contribution in [3.63, 3.8) is 0 Å². The Morgan fingerprint density at radius 1 is 1.42 bits per heavy atom. The van der Waals surface area contributed by atoms with Crippen LogP contribution in [0.15, 0.2) is 46.3 Å². The Balaban J connectivity index is 0.00000196. The van der Waals surface area contributed by atoms with Gasteiger partial charge in [0, 0.05) is 0 Å². The zero-order chi connectivity index (χ0) is 17.6. The number of rotatable bonds is 2. The van der Waals surface area contributed by atoms with E-state index in [1.807, 2.05) is 6.07 Å². The minimum Gasteiger partial charge on any atom is -0.358 e. The van der Waals surface area contributed by atoms with Gasteiger partial charge in [-0.15, -0.1) is 0 Å². The van der Waals surface area contributed by atoms with E-state index in [0.29, 0.717) is 39.9 Å². The average molecular weight is 409 g/mol. The summed E-state index contributed by atoms with van der Waals surface area (Å²) in [5, 5.41) is 9.98. The van der Waals surface area contributed by atoms with Crippen LogP contribution in [0.3, 0.4) is 0 Å². The zero-order valence-electron chi connectivity index (χ0n) is 13.8. The van der Waals surface area contributed by atoms with Gasteiger partial charge in [-0.2, -0.15) is 0 Å². The maximum atomic E-state index is 13.6. The largest absolute Gasteiger partial charge is 0.358 e. The van der Waals surface area contributed by atoms with Gasteiger partial charge in [0.05, 0.1) is 0 Å². The number of pyridine rings is 2. The molecule has 1 atom stereocenters. The van der Waals surface area contributed by atoms with Gasteiger partial charge in [-0.25, -0.2) is 0 Å². The van der Waals surface area contributed by atoms with Crippen LogP contribution in [0, 0.1) is 24.8 Å². The molecule has 1 aliphatic heterocycles. The summed E-state index contributed by atoms with van der Waals surface area (Å²) in [4.78, 5) is 19.3. The molecule has 1 aromatic carbocycles. The van der Waals surface area contributed by atoms with Gasteiger partial charge < -0.3 is 7.43 Å². The van der Waals surface area contributed by atoms with Crippen LogP contribution in [0.1, 0.15) is 11.3 Å². The summed E-state index contributed by atoms with van der Waals surface area (Å²) in [5.41, 5.74) is 1.54. The van der Waals surface area contributed by atoms with Gasteiger partial charge >= 0.3 is 151 Å². The van der Waals surface area contributed by atoms with Gasteiger partial charge in [0.15, 0.2) is 0 Å². The molecule has 0 fully saturated rings. The number of nitriles is 1. The maximum Gasteiger partial charge on any atom is -0.358 e. The first-order valence-electron chi connectivity index (χ1n) is 7.43. The average Bonchev–Trinajstić information content (AvgIpc) is 3.05. The summed E-state index contributed by atoms with van der Waals surface area (Å²) in [6.07, 6.45) is 3.53. The minimum atomic E-state index is -2.98. The van der Waals surface area contributed by atoms with E-state index in [-0.39, 0.29) is 13.0 Å². The number of anilines is 1. The van der Waals surface area contributed by atoms with Crippen LogP contribution in [0.5, 0.6) is 0 Å². The van der Waals surface area contributed by atoms with Crippen molar-refractivity contribution < 1.29 is 18.3 Å². The molecule has 135 valence electrons. The van der Waals surface area contributed by atoms with Crippen molar-refractivity contribution in [2.75, 3.05) is 10.8 Å². The molecule has 0 aliphatic carbocycles. The van der Waals surface area contributed by atoms with Crippen LogP contribution < -0.4 is 9.86 Å².